The van der Waals surface area contributed by atoms with Crippen LogP contribution in [0.4, 0.5) is 0 Å². The average molecular weight is 464 g/mol. The van der Waals surface area contributed by atoms with E-state index in [0.717, 1.165) is 37.1 Å². The fourth-order valence-electron chi connectivity index (χ4n) is 4.83. The number of nitrogens with zero attached hydrogens (tertiary/aromatic N) is 1. The van der Waals surface area contributed by atoms with Crippen LogP contribution in [0.3, 0.4) is 0 Å². The number of sulfone groups is 1. The highest BCUT2D eigenvalue weighted by molar-refractivity contribution is 7.91. The molecule has 2 aromatic heterocycles. The summed E-state index contributed by atoms with van der Waals surface area (Å²) in [6.07, 6.45) is 7.33. The number of rotatable bonds is 5. The zero-order chi connectivity index (χ0) is 22.2. The van der Waals surface area contributed by atoms with Gasteiger partial charge in [-0.15, -0.1) is 11.3 Å². The predicted octanol–water partition coefficient (Wildman–Crippen LogP) is 4.22. The molecule has 8 heteroatoms. The minimum absolute atomic E-state index is 0.106. The molecule has 0 aromatic carbocycles. The summed E-state index contributed by atoms with van der Waals surface area (Å²) >= 11 is 1.49. The number of hydrogen-bond donors (Lipinski definition) is 0. The van der Waals surface area contributed by atoms with Crippen molar-refractivity contribution >= 4 is 32.9 Å². The Hall–Kier alpha value is -1.93. The Labute approximate surface area is 187 Å². The Balaban J connectivity index is 1.43. The summed E-state index contributed by atoms with van der Waals surface area (Å²) in [6, 6.07) is 3.57. The molecule has 0 amide bonds. The van der Waals surface area contributed by atoms with Crippen molar-refractivity contribution in [3.05, 3.63) is 44.4 Å². The van der Waals surface area contributed by atoms with Gasteiger partial charge in [0.2, 0.25) is 5.78 Å². The van der Waals surface area contributed by atoms with E-state index < -0.39 is 15.8 Å². The first-order valence-corrected chi connectivity index (χ1v) is 13.6. The van der Waals surface area contributed by atoms with Gasteiger partial charge in [-0.3, -0.25) is 4.79 Å². The van der Waals surface area contributed by atoms with E-state index in [1.807, 2.05) is 24.5 Å². The van der Waals surface area contributed by atoms with E-state index in [0.29, 0.717) is 16.9 Å². The summed E-state index contributed by atoms with van der Waals surface area (Å²) in [5, 5.41) is 0. The van der Waals surface area contributed by atoms with Gasteiger partial charge < -0.3 is 9.30 Å². The van der Waals surface area contributed by atoms with Gasteiger partial charge >= 0.3 is 5.97 Å². The van der Waals surface area contributed by atoms with Gasteiger partial charge in [-0.2, -0.15) is 0 Å². The summed E-state index contributed by atoms with van der Waals surface area (Å²) < 4.78 is 31.0. The second-order valence-corrected chi connectivity index (χ2v) is 12.0. The first-order chi connectivity index (χ1) is 14.7. The molecule has 168 valence electrons. The fraction of sp³-hybridized carbons (Fsp3) is 0.565. The van der Waals surface area contributed by atoms with Crippen molar-refractivity contribution in [3.8, 4) is 0 Å². The van der Waals surface area contributed by atoms with Crippen molar-refractivity contribution in [2.45, 2.75) is 64.8 Å². The van der Waals surface area contributed by atoms with Crippen LogP contribution in [0, 0.1) is 13.8 Å². The van der Waals surface area contributed by atoms with E-state index in [1.165, 1.54) is 34.6 Å². The Bertz CT molecular complexity index is 1080. The largest absolute Gasteiger partial charge is 0.453 e. The third-order valence-electron chi connectivity index (χ3n) is 6.39. The Kier molecular flexibility index (Phi) is 6.40. The number of hydrogen-bond acceptors (Lipinski definition) is 6. The summed E-state index contributed by atoms with van der Waals surface area (Å²) in [6.45, 7) is 3.39. The van der Waals surface area contributed by atoms with Crippen LogP contribution >= 0.6 is 11.3 Å². The standard InChI is InChI=1S/C23H29NO5S2/c1-15-11-19(16(2)24(15)18-9-10-31(27,28)14-18)20(25)13-29-23(26)22-12-17-7-5-3-4-6-8-21(17)30-22/h11-12,18H,3-10,13-14H2,1-2H3/t18-/m0/s1. The molecule has 1 saturated heterocycles. The van der Waals surface area contributed by atoms with Crippen LogP contribution in [-0.4, -0.2) is 42.9 Å². The number of aromatic nitrogens is 1. The van der Waals surface area contributed by atoms with Crippen molar-refractivity contribution < 1.29 is 22.7 Å². The second-order valence-electron chi connectivity index (χ2n) is 8.68. The molecule has 1 aliphatic heterocycles. The third kappa shape index (κ3) is 4.80. The zero-order valence-corrected chi connectivity index (χ0v) is 19.7. The minimum atomic E-state index is -3.02. The normalized spacial score (nSPS) is 20.6. The molecule has 2 aliphatic rings. The van der Waals surface area contributed by atoms with Crippen LogP contribution in [0.5, 0.6) is 0 Å². The molecule has 3 heterocycles. The number of ketones is 1. The number of aryl methyl sites for hydroxylation is 3. The lowest BCUT2D eigenvalue weighted by Gasteiger charge is -2.16. The lowest BCUT2D eigenvalue weighted by Crippen LogP contribution is -2.16. The molecule has 4 rings (SSSR count). The minimum Gasteiger partial charge on any atom is -0.453 e. The molecule has 0 radical (unpaired) electrons. The van der Waals surface area contributed by atoms with Crippen molar-refractivity contribution in [3.63, 3.8) is 0 Å². The molecule has 1 atom stereocenters. The van der Waals surface area contributed by atoms with Gasteiger partial charge in [0.05, 0.1) is 11.5 Å². The van der Waals surface area contributed by atoms with Gasteiger partial charge in [-0.25, -0.2) is 13.2 Å². The highest BCUT2D eigenvalue weighted by Crippen LogP contribution is 2.30. The van der Waals surface area contributed by atoms with Gasteiger partial charge in [0.25, 0.3) is 0 Å². The zero-order valence-electron chi connectivity index (χ0n) is 18.1. The van der Waals surface area contributed by atoms with Gasteiger partial charge in [0.1, 0.15) is 4.88 Å². The molecule has 0 saturated carbocycles. The van der Waals surface area contributed by atoms with Crippen LogP contribution < -0.4 is 0 Å². The SMILES string of the molecule is Cc1cc(C(=O)COC(=O)c2cc3c(s2)CCCCCC3)c(C)n1[C@H]1CCS(=O)(=O)C1. The van der Waals surface area contributed by atoms with E-state index in [4.69, 9.17) is 4.74 Å². The maximum absolute atomic E-state index is 12.8. The third-order valence-corrected chi connectivity index (χ3v) is 9.36. The van der Waals surface area contributed by atoms with E-state index in [-0.39, 0.29) is 29.9 Å². The Morgan fingerprint density at radius 3 is 2.58 bits per heavy atom. The lowest BCUT2D eigenvalue weighted by atomic mass is 10.00. The number of ether oxygens (including phenoxy) is 1. The van der Waals surface area contributed by atoms with Crippen LogP contribution in [0.15, 0.2) is 12.1 Å². The summed E-state index contributed by atoms with van der Waals surface area (Å²) in [5.41, 5.74) is 3.33. The molecule has 6 nitrogen and oxygen atoms in total. The maximum Gasteiger partial charge on any atom is 0.348 e. The topological polar surface area (TPSA) is 82.4 Å². The van der Waals surface area contributed by atoms with E-state index in [9.17, 15) is 18.0 Å². The number of Topliss-reactive ketones (excluding diaryl/α,β-unsaturated/α-hetero) is 1. The van der Waals surface area contributed by atoms with Crippen molar-refractivity contribution in [2.75, 3.05) is 18.1 Å². The number of fused-ring (bicyclic) bond motifs is 1. The molecule has 31 heavy (non-hydrogen) atoms. The first-order valence-electron chi connectivity index (χ1n) is 11.0. The van der Waals surface area contributed by atoms with Crippen LogP contribution in [0.2, 0.25) is 0 Å². The highest BCUT2D eigenvalue weighted by Gasteiger charge is 2.32. The molecule has 1 aliphatic carbocycles. The average Bonchev–Trinajstić information content (AvgIpc) is 3.34. The van der Waals surface area contributed by atoms with Gasteiger partial charge in [-0.1, -0.05) is 12.8 Å². The molecule has 2 aromatic rings. The number of esters is 1. The second kappa shape index (κ2) is 8.90. The molecule has 0 unspecified atom stereocenters. The molecular formula is C23H29NO5S2. The number of thiophene rings is 1. The van der Waals surface area contributed by atoms with Crippen molar-refractivity contribution in [1.29, 1.82) is 0 Å². The summed E-state index contributed by atoms with van der Waals surface area (Å²) in [5.74, 6) is -0.417. The van der Waals surface area contributed by atoms with E-state index >= 15 is 0 Å². The van der Waals surface area contributed by atoms with Gasteiger partial charge in [0, 0.05) is 27.9 Å². The molecular weight excluding hydrogens is 434 g/mol. The summed E-state index contributed by atoms with van der Waals surface area (Å²) in [4.78, 5) is 27.2. The van der Waals surface area contributed by atoms with Crippen molar-refractivity contribution in [2.24, 2.45) is 0 Å². The molecule has 1 fully saturated rings. The van der Waals surface area contributed by atoms with E-state index in [1.54, 1.807) is 6.07 Å². The molecule has 0 N–H and O–H groups in total. The molecule has 0 spiro atoms. The maximum atomic E-state index is 12.8. The van der Waals surface area contributed by atoms with Gasteiger partial charge in [0.15, 0.2) is 16.4 Å². The number of carbonyl (C=O) groups is 2. The lowest BCUT2D eigenvalue weighted by molar-refractivity contribution is 0.0479. The van der Waals surface area contributed by atoms with E-state index in [2.05, 4.69) is 0 Å². The Morgan fingerprint density at radius 1 is 1.13 bits per heavy atom. The number of carbonyl (C=O) groups excluding carboxylic acids is 2. The first kappa shape index (κ1) is 22.3. The molecule has 0 bridgehead atoms. The van der Waals surface area contributed by atoms with Crippen molar-refractivity contribution in [1.82, 2.24) is 4.57 Å². The Morgan fingerprint density at radius 2 is 1.87 bits per heavy atom. The van der Waals surface area contributed by atoms with Crippen LogP contribution in [0.25, 0.3) is 0 Å². The fourth-order valence-corrected chi connectivity index (χ4v) is 7.67. The van der Waals surface area contributed by atoms with Crippen LogP contribution in [-0.2, 0) is 27.4 Å². The smallest absolute Gasteiger partial charge is 0.348 e. The van der Waals surface area contributed by atoms with Crippen LogP contribution in [0.1, 0.15) is 80.0 Å². The van der Waals surface area contributed by atoms with Gasteiger partial charge in [-0.05, 0) is 63.6 Å². The quantitative estimate of drug-likeness (QED) is 0.490. The highest BCUT2D eigenvalue weighted by atomic mass is 32.2. The predicted molar refractivity (Wildman–Crippen MR) is 121 cm³/mol. The monoisotopic (exact) mass is 463 g/mol. The summed E-state index contributed by atoms with van der Waals surface area (Å²) in [7, 11) is -3.02.